The normalized spacial score (nSPS) is 24.1. The highest BCUT2D eigenvalue weighted by Gasteiger charge is 2.40. The van der Waals surface area contributed by atoms with Crippen LogP contribution in [0.4, 0.5) is 0 Å². The second-order valence-corrected chi connectivity index (χ2v) is 7.44. The Labute approximate surface area is 155 Å². The predicted octanol–water partition coefficient (Wildman–Crippen LogP) is 4.00. The molecule has 2 aliphatic rings. The summed E-state index contributed by atoms with van der Waals surface area (Å²) in [6, 6.07) is 6.21. The standard InChI is InChI=1S/C21H30O5/c1-15-20(22)17(21(23)26-15)10-8-6-4-2-3-5-7-9-16-11-12-18-19(13-16)25-14-24-18/h11-13,15,17,20,22H,2-10,14H2,1H3/t15-,17+,20+/m1/s1. The van der Waals surface area contributed by atoms with Crippen molar-refractivity contribution in [3.8, 4) is 11.5 Å². The fourth-order valence-corrected chi connectivity index (χ4v) is 3.77. The number of aliphatic hydroxyl groups is 1. The maximum absolute atomic E-state index is 11.6. The van der Waals surface area contributed by atoms with Gasteiger partial charge in [0.05, 0.1) is 5.92 Å². The van der Waals surface area contributed by atoms with E-state index in [-0.39, 0.29) is 18.0 Å². The van der Waals surface area contributed by atoms with Gasteiger partial charge in [0, 0.05) is 0 Å². The minimum absolute atomic E-state index is 0.228. The Hall–Kier alpha value is -1.75. The van der Waals surface area contributed by atoms with Crippen molar-refractivity contribution in [1.82, 2.24) is 0 Å². The van der Waals surface area contributed by atoms with Crippen molar-refractivity contribution in [1.29, 1.82) is 0 Å². The molecule has 1 saturated heterocycles. The number of fused-ring (bicyclic) bond motifs is 1. The molecular formula is C21H30O5. The van der Waals surface area contributed by atoms with Crippen LogP contribution in [0.25, 0.3) is 0 Å². The first-order valence-corrected chi connectivity index (χ1v) is 9.92. The lowest BCUT2D eigenvalue weighted by Gasteiger charge is -2.11. The van der Waals surface area contributed by atoms with Gasteiger partial charge in [-0.15, -0.1) is 0 Å². The van der Waals surface area contributed by atoms with Crippen molar-refractivity contribution in [2.24, 2.45) is 5.92 Å². The number of esters is 1. The molecule has 0 aromatic heterocycles. The number of carbonyl (C=O) groups is 1. The highest BCUT2D eigenvalue weighted by atomic mass is 16.7. The maximum atomic E-state index is 11.6. The van der Waals surface area contributed by atoms with Crippen LogP contribution in [0.15, 0.2) is 18.2 Å². The third-order valence-corrected chi connectivity index (χ3v) is 5.42. The fraction of sp³-hybridized carbons (Fsp3) is 0.667. The zero-order valence-corrected chi connectivity index (χ0v) is 15.6. The van der Waals surface area contributed by atoms with Crippen molar-refractivity contribution in [3.63, 3.8) is 0 Å². The molecule has 0 saturated carbocycles. The number of carbonyl (C=O) groups excluding carboxylic acids is 1. The van der Waals surface area contributed by atoms with Crippen LogP contribution in [0.5, 0.6) is 11.5 Å². The van der Waals surface area contributed by atoms with Crippen LogP contribution in [0.1, 0.15) is 63.9 Å². The van der Waals surface area contributed by atoms with E-state index in [1.165, 1.54) is 37.7 Å². The smallest absolute Gasteiger partial charge is 0.312 e. The van der Waals surface area contributed by atoms with Gasteiger partial charge in [-0.05, 0) is 43.9 Å². The van der Waals surface area contributed by atoms with Crippen molar-refractivity contribution >= 4 is 5.97 Å². The zero-order valence-electron chi connectivity index (χ0n) is 15.6. The van der Waals surface area contributed by atoms with E-state index in [1.807, 2.05) is 6.07 Å². The summed E-state index contributed by atoms with van der Waals surface area (Å²) in [4.78, 5) is 11.6. The molecular weight excluding hydrogens is 332 g/mol. The number of benzene rings is 1. The molecule has 3 rings (SSSR count). The number of hydrogen-bond donors (Lipinski definition) is 1. The topological polar surface area (TPSA) is 65.0 Å². The average molecular weight is 362 g/mol. The lowest BCUT2D eigenvalue weighted by Crippen LogP contribution is -2.24. The summed E-state index contributed by atoms with van der Waals surface area (Å²) in [6.45, 7) is 2.09. The zero-order chi connectivity index (χ0) is 18.4. The second kappa shape index (κ2) is 9.26. The minimum Gasteiger partial charge on any atom is -0.460 e. The van der Waals surface area contributed by atoms with Gasteiger partial charge in [-0.1, -0.05) is 44.6 Å². The maximum Gasteiger partial charge on any atom is 0.312 e. The van der Waals surface area contributed by atoms with Gasteiger partial charge in [0.1, 0.15) is 12.2 Å². The molecule has 1 aromatic rings. The third-order valence-electron chi connectivity index (χ3n) is 5.42. The molecule has 5 nitrogen and oxygen atoms in total. The lowest BCUT2D eigenvalue weighted by molar-refractivity contribution is -0.143. The molecule has 1 aromatic carbocycles. The van der Waals surface area contributed by atoms with Crippen LogP contribution in [0, 0.1) is 5.92 Å². The molecule has 0 spiro atoms. The van der Waals surface area contributed by atoms with Crippen molar-refractivity contribution in [2.45, 2.75) is 76.9 Å². The van der Waals surface area contributed by atoms with Gasteiger partial charge >= 0.3 is 5.97 Å². The van der Waals surface area contributed by atoms with Crippen LogP contribution in [0.2, 0.25) is 0 Å². The van der Waals surface area contributed by atoms with Gasteiger partial charge in [0.15, 0.2) is 11.5 Å². The Balaban J connectivity index is 1.19. The number of hydrogen-bond acceptors (Lipinski definition) is 5. The highest BCUT2D eigenvalue weighted by molar-refractivity contribution is 5.75. The van der Waals surface area contributed by atoms with Crippen LogP contribution < -0.4 is 9.47 Å². The van der Waals surface area contributed by atoms with Gasteiger partial charge in [-0.3, -0.25) is 4.79 Å². The number of aliphatic hydroxyl groups excluding tert-OH is 1. The molecule has 1 N–H and O–H groups in total. The number of cyclic esters (lactones) is 1. The molecule has 3 atom stereocenters. The fourth-order valence-electron chi connectivity index (χ4n) is 3.77. The third kappa shape index (κ3) is 4.91. The van der Waals surface area contributed by atoms with E-state index in [2.05, 4.69) is 12.1 Å². The molecule has 0 aliphatic carbocycles. The monoisotopic (exact) mass is 362 g/mol. The SMILES string of the molecule is C[C@H]1OC(=O)[C@@H](CCCCCCCCCc2ccc3c(c2)OCO3)[C@H]1O. The predicted molar refractivity (Wildman–Crippen MR) is 98.3 cm³/mol. The van der Waals surface area contributed by atoms with E-state index < -0.39 is 6.10 Å². The summed E-state index contributed by atoms with van der Waals surface area (Å²) in [5.41, 5.74) is 1.31. The molecule has 5 heteroatoms. The largest absolute Gasteiger partial charge is 0.460 e. The van der Waals surface area contributed by atoms with Crippen LogP contribution in [0.3, 0.4) is 0 Å². The molecule has 0 bridgehead atoms. The number of unbranched alkanes of at least 4 members (excludes halogenated alkanes) is 6. The van der Waals surface area contributed by atoms with Crippen LogP contribution >= 0.6 is 0 Å². The van der Waals surface area contributed by atoms with Crippen molar-refractivity contribution < 1.29 is 24.1 Å². The highest BCUT2D eigenvalue weighted by Crippen LogP contribution is 2.33. The number of ether oxygens (including phenoxy) is 3. The Morgan fingerprint density at radius 1 is 1.00 bits per heavy atom. The average Bonchev–Trinajstić information content (AvgIpc) is 3.19. The lowest BCUT2D eigenvalue weighted by atomic mass is 9.95. The van der Waals surface area contributed by atoms with E-state index in [9.17, 15) is 9.90 Å². The molecule has 2 aliphatic heterocycles. The summed E-state index contributed by atoms with van der Waals surface area (Å²) in [7, 11) is 0. The van der Waals surface area contributed by atoms with Gasteiger partial charge in [0.25, 0.3) is 0 Å². The van der Waals surface area contributed by atoms with E-state index >= 15 is 0 Å². The van der Waals surface area contributed by atoms with Crippen LogP contribution in [-0.4, -0.2) is 30.1 Å². The quantitative estimate of drug-likeness (QED) is 0.503. The molecule has 0 radical (unpaired) electrons. The van der Waals surface area contributed by atoms with E-state index in [4.69, 9.17) is 14.2 Å². The van der Waals surface area contributed by atoms with Crippen molar-refractivity contribution in [3.05, 3.63) is 23.8 Å². The molecule has 2 heterocycles. The Morgan fingerprint density at radius 3 is 2.42 bits per heavy atom. The Kier molecular flexibility index (Phi) is 6.78. The molecule has 26 heavy (non-hydrogen) atoms. The second-order valence-electron chi connectivity index (χ2n) is 7.44. The van der Waals surface area contributed by atoms with Crippen LogP contribution in [-0.2, 0) is 16.0 Å². The van der Waals surface area contributed by atoms with E-state index in [1.54, 1.807) is 6.92 Å². The van der Waals surface area contributed by atoms with Gasteiger partial charge in [-0.25, -0.2) is 0 Å². The Bertz CT molecular complexity index is 600. The van der Waals surface area contributed by atoms with E-state index in [0.29, 0.717) is 6.79 Å². The first kappa shape index (κ1) is 19.0. The summed E-state index contributed by atoms with van der Waals surface area (Å²) in [5.74, 6) is 1.18. The number of aryl methyl sites for hydroxylation is 1. The minimum atomic E-state index is -0.626. The molecule has 144 valence electrons. The molecule has 0 unspecified atom stereocenters. The van der Waals surface area contributed by atoms with E-state index in [0.717, 1.165) is 37.2 Å². The summed E-state index contributed by atoms with van der Waals surface area (Å²) in [6.07, 6.45) is 9.05. The van der Waals surface area contributed by atoms with Gasteiger partial charge in [0.2, 0.25) is 6.79 Å². The summed E-state index contributed by atoms with van der Waals surface area (Å²) in [5, 5.41) is 9.91. The first-order chi connectivity index (χ1) is 12.6. The van der Waals surface area contributed by atoms with Gasteiger partial charge < -0.3 is 19.3 Å². The molecule has 0 amide bonds. The van der Waals surface area contributed by atoms with Crippen molar-refractivity contribution in [2.75, 3.05) is 6.79 Å². The number of rotatable bonds is 10. The summed E-state index contributed by atoms with van der Waals surface area (Å²) >= 11 is 0. The Morgan fingerprint density at radius 2 is 1.69 bits per heavy atom. The molecule has 1 fully saturated rings. The van der Waals surface area contributed by atoms with Gasteiger partial charge in [-0.2, -0.15) is 0 Å². The summed E-state index contributed by atoms with van der Waals surface area (Å²) < 4.78 is 15.8. The first-order valence-electron chi connectivity index (χ1n) is 9.92.